The summed E-state index contributed by atoms with van der Waals surface area (Å²) in [5.74, 6) is 0. The molecule has 0 aliphatic rings. The van der Waals surface area contributed by atoms with Crippen molar-refractivity contribution < 1.29 is 4.57 Å². The Hall–Kier alpha value is -2.35. The molecule has 0 unspecified atom stereocenters. The van der Waals surface area contributed by atoms with E-state index >= 15 is 0 Å². The number of rotatable bonds is 2. The van der Waals surface area contributed by atoms with Crippen molar-refractivity contribution >= 4 is 0 Å². The molecule has 0 N–H and O–H groups in total. The molecule has 1 aromatic heterocycles. The van der Waals surface area contributed by atoms with Crippen LogP contribution in [0.25, 0.3) is 11.4 Å². The molecule has 0 aliphatic carbocycles. The average molecular weight is 319 g/mol. The lowest BCUT2D eigenvalue weighted by molar-refractivity contribution is -0.595. The number of hydrogen-bond donors (Lipinski definition) is 0. The number of nitrogens with zero attached hydrogens (tertiary/aromatic N) is 2. The largest absolute Gasteiger partial charge is 0.254 e. The molecule has 0 amide bonds. The monoisotopic (exact) mass is 319 g/mol. The first kappa shape index (κ1) is 16.5. The summed E-state index contributed by atoms with van der Waals surface area (Å²) in [5.41, 5.74) is 7.90. The normalized spacial score (nSPS) is 11.8. The molecule has 24 heavy (non-hydrogen) atoms. The van der Waals surface area contributed by atoms with Crippen molar-refractivity contribution in [2.75, 3.05) is 0 Å². The highest BCUT2D eigenvalue weighted by molar-refractivity contribution is 5.46. The van der Waals surface area contributed by atoms with Gasteiger partial charge >= 0.3 is 0 Å². The van der Waals surface area contributed by atoms with E-state index in [-0.39, 0.29) is 5.41 Å². The Morgan fingerprint density at radius 1 is 0.917 bits per heavy atom. The smallest absolute Gasteiger partial charge is 0.202 e. The van der Waals surface area contributed by atoms with E-state index in [1.807, 2.05) is 0 Å². The van der Waals surface area contributed by atoms with Crippen LogP contribution in [0.4, 0.5) is 0 Å². The predicted molar refractivity (Wildman–Crippen MR) is 100 cm³/mol. The van der Waals surface area contributed by atoms with Gasteiger partial charge in [0.05, 0.1) is 0 Å². The van der Waals surface area contributed by atoms with E-state index in [9.17, 15) is 0 Å². The maximum Gasteiger partial charge on any atom is 0.254 e. The van der Waals surface area contributed by atoms with Crippen LogP contribution in [0.5, 0.6) is 0 Å². The third-order valence-corrected chi connectivity index (χ3v) is 4.52. The van der Waals surface area contributed by atoms with Gasteiger partial charge in [-0.15, -0.1) is 0 Å². The quantitative estimate of drug-likeness (QED) is 0.589. The van der Waals surface area contributed by atoms with Crippen molar-refractivity contribution in [1.82, 2.24) is 4.57 Å². The van der Waals surface area contributed by atoms with Crippen LogP contribution in [0.15, 0.2) is 55.1 Å². The van der Waals surface area contributed by atoms with Crippen molar-refractivity contribution in [3.05, 3.63) is 77.4 Å². The van der Waals surface area contributed by atoms with E-state index < -0.39 is 0 Å². The fourth-order valence-corrected chi connectivity index (χ4v) is 3.54. The maximum atomic E-state index is 2.26. The van der Waals surface area contributed by atoms with Crippen LogP contribution in [0.2, 0.25) is 0 Å². The molecule has 2 heteroatoms. The van der Waals surface area contributed by atoms with E-state index in [1.165, 1.54) is 33.6 Å². The van der Waals surface area contributed by atoms with Crippen LogP contribution in [0.3, 0.4) is 0 Å². The van der Waals surface area contributed by atoms with Crippen LogP contribution in [0, 0.1) is 20.8 Å². The van der Waals surface area contributed by atoms with Crippen LogP contribution in [-0.2, 0) is 5.41 Å². The molecule has 2 aromatic carbocycles. The van der Waals surface area contributed by atoms with E-state index in [4.69, 9.17) is 0 Å². The Kier molecular flexibility index (Phi) is 4.08. The summed E-state index contributed by atoms with van der Waals surface area (Å²) in [6, 6.07) is 13.1. The van der Waals surface area contributed by atoms with Gasteiger partial charge in [-0.05, 0) is 43.4 Å². The first-order chi connectivity index (χ1) is 11.3. The van der Waals surface area contributed by atoms with Crippen molar-refractivity contribution in [2.45, 2.75) is 47.0 Å². The molecule has 124 valence electrons. The Balaban J connectivity index is 2.11. The van der Waals surface area contributed by atoms with Crippen molar-refractivity contribution in [1.29, 1.82) is 0 Å². The van der Waals surface area contributed by atoms with Crippen LogP contribution < -0.4 is 4.57 Å². The standard InChI is InChI=1S/C22H27N2/c1-16-13-17(2)21(18(3)14-16)24-12-11-23(15-24)20-10-8-7-9-19(20)22(4,5)6/h7-15H,1-6H3/q+1. The van der Waals surface area contributed by atoms with Gasteiger partial charge < -0.3 is 0 Å². The van der Waals surface area contributed by atoms with Gasteiger partial charge in [-0.2, -0.15) is 0 Å². The Labute approximate surface area is 145 Å². The Morgan fingerprint density at radius 3 is 2.17 bits per heavy atom. The highest BCUT2D eigenvalue weighted by atomic mass is 15.1. The number of aryl methyl sites for hydroxylation is 3. The van der Waals surface area contributed by atoms with Gasteiger partial charge in [-0.1, -0.05) is 56.7 Å². The molecule has 3 rings (SSSR count). The van der Waals surface area contributed by atoms with Gasteiger partial charge in [0.1, 0.15) is 23.8 Å². The van der Waals surface area contributed by atoms with E-state index in [2.05, 4.69) is 106 Å². The lowest BCUT2D eigenvalue weighted by atomic mass is 9.86. The van der Waals surface area contributed by atoms with Crippen LogP contribution >= 0.6 is 0 Å². The first-order valence-corrected chi connectivity index (χ1v) is 8.55. The fraction of sp³-hybridized carbons (Fsp3) is 0.318. The third-order valence-electron chi connectivity index (χ3n) is 4.52. The molecule has 2 nitrogen and oxygen atoms in total. The summed E-state index contributed by atoms with van der Waals surface area (Å²) in [6.07, 6.45) is 6.46. The van der Waals surface area contributed by atoms with E-state index in [1.54, 1.807) is 0 Å². The van der Waals surface area contributed by atoms with Crippen molar-refractivity contribution in [2.24, 2.45) is 0 Å². The SMILES string of the molecule is Cc1cc(C)c(-[n+]2ccn(-c3ccccc3C(C)(C)C)c2)c(C)c1. The zero-order valence-corrected chi connectivity index (χ0v) is 15.6. The second-order valence-electron chi connectivity index (χ2n) is 7.74. The summed E-state index contributed by atoms with van der Waals surface area (Å²) in [7, 11) is 0. The van der Waals surface area contributed by atoms with Gasteiger partial charge in [-0.25, -0.2) is 9.13 Å². The molecule has 0 saturated heterocycles. The van der Waals surface area contributed by atoms with Gasteiger partial charge in [-0.3, -0.25) is 0 Å². The minimum atomic E-state index is 0.112. The number of hydrogen-bond acceptors (Lipinski definition) is 0. The zero-order chi connectivity index (χ0) is 17.5. The second kappa shape index (κ2) is 5.94. The lowest BCUT2D eigenvalue weighted by Crippen LogP contribution is -2.30. The van der Waals surface area contributed by atoms with E-state index in [0.29, 0.717) is 0 Å². The molecule has 0 atom stereocenters. The maximum absolute atomic E-state index is 2.26. The molecular weight excluding hydrogens is 292 g/mol. The average Bonchev–Trinajstić information content (AvgIpc) is 2.94. The third kappa shape index (κ3) is 3.01. The predicted octanol–water partition coefficient (Wildman–Crippen LogP) is 4.98. The van der Waals surface area contributed by atoms with Gasteiger partial charge in [0.2, 0.25) is 0 Å². The minimum Gasteiger partial charge on any atom is -0.202 e. The van der Waals surface area contributed by atoms with Gasteiger partial charge in [0.15, 0.2) is 0 Å². The van der Waals surface area contributed by atoms with Gasteiger partial charge in [0, 0.05) is 5.56 Å². The molecular formula is C22H27N2+. The fourth-order valence-electron chi connectivity index (χ4n) is 3.54. The Bertz CT molecular complexity index is 856. The van der Waals surface area contributed by atoms with Crippen LogP contribution in [-0.4, -0.2) is 4.57 Å². The highest BCUT2D eigenvalue weighted by Gasteiger charge is 2.22. The Morgan fingerprint density at radius 2 is 1.54 bits per heavy atom. The number of aromatic nitrogens is 2. The molecule has 3 aromatic rings. The molecule has 0 fully saturated rings. The topological polar surface area (TPSA) is 8.81 Å². The molecule has 0 spiro atoms. The molecule has 0 radical (unpaired) electrons. The second-order valence-corrected chi connectivity index (χ2v) is 7.74. The molecule has 0 aliphatic heterocycles. The molecule has 1 heterocycles. The number of para-hydroxylation sites is 1. The van der Waals surface area contributed by atoms with Crippen molar-refractivity contribution in [3.63, 3.8) is 0 Å². The molecule has 0 saturated carbocycles. The number of imidazole rings is 1. The lowest BCUT2D eigenvalue weighted by Gasteiger charge is -2.20. The molecule has 0 bridgehead atoms. The number of benzene rings is 2. The summed E-state index contributed by atoms with van der Waals surface area (Å²) in [4.78, 5) is 0. The summed E-state index contributed by atoms with van der Waals surface area (Å²) in [5, 5.41) is 0. The van der Waals surface area contributed by atoms with Gasteiger partial charge in [0.25, 0.3) is 6.33 Å². The first-order valence-electron chi connectivity index (χ1n) is 8.55. The van der Waals surface area contributed by atoms with Crippen LogP contribution in [0.1, 0.15) is 43.0 Å². The summed E-state index contributed by atoms with van der Waals surface area (Å²) >= 11 is 0. The van der Waals surface area contributed by atoms with E-state index in [0.717, 1.165) is 0 Å². The zero-order valence-electron chi connectivity index (χ0n) is 15.6. The summed E-state index contributed by atoms with van der Waals surface area (Å²) in [6.45, 7) is 13.3. The minimum absolute atomic E-state index is 0.112. The highest BCUT2D eigenvalue weighted by Crippen LogP contribution is 2.28. The summed E-state index contributed by atoms with van der Waals surface area (Å²) < 4.78 is 4.45. The van der Waals surface area contributed by atoms with Crippen molar-refractivity contribution in [3.8, 4) is 11.4 Å².